The fourth-order valence-corrected chi connectivity index (χ4v) is 2.26. The van der Waals surface area contributed by atoms with Crippen LogP contribution >= 0.6 is 0 Å². The van der Waals surface area contributed by atoms with E-state index in [1.165, 1.54) is 0 Å². The van der Waals surface area contributed by atoms with E-state index in [0.29, 0.717) is 12.1 Å². The second-order valence-electron chi connectivity index (χ2n) is 5.92. The Morgan fingerprint density at radius 3 is 2.61 bits per heavy atom. The molecule has 1 heterocycles. The Morgan fingerprint density at radius 1 is 1.39 bits per heavy atom. The van der Waals surface area contributed by atoms with Crippen LogP contribution in [0.5, 0.6) is 0 Å². The first-order valence-electron chi connectivity index (χ1n) is 7.17. The van der Waals surface area contributed by atoms with E-state index in [-0.39, 0.29) is 11.9 Å². The Balaban J connectivity index is 2.43. The molecule has 0 aromatic heterocycles. The summed E-state index contributed by atoms with van der Waals surface area (Å²) in [6.45, 7) is 11.3. The third kappa shape index (κ3) is 4.58. The molecule has 0 spiro atoms. The first-order valence-corrected chi connectivity index (χ1v) is 7.17. The van der Waals surface area contributed by atoms with Crippen LogP contribution in [-0.2, 0) is 4.79 Å². The molecule has 4 heteroatoms. The molecule has 0 aliphatic carbocycles. The van der Waals surface area contributed by atoms with Crippen LogP contribution in [0.1, 0.15) is 40.5 Å². The number of hydrogen-bond acceptors (Lipinski definition) is 3. The van der Waals surface area contributed by atoms with Crippen molar-refractivity contribution in [3.63, 3.8) is 0 Å². The minimum absolute atomic E-state index is 0.0307. The van der Waals surface area contributed by atoms with Crippen molar-refractivity contribution in [1.82, 2.24) is 15.1 Å². The van der Waals surface area contributed by atoms with Crippen molar-refractivity contribution in [3.8, 4) is 0 Å². The number of rotatable bonds is 6. The third-order valence-electron chi connectivity index (χ3n) is 3.67. The summed E-state index contributed by atoms with van der Waals surface area (Å²) >= 11 is 0. The number of likely N-dealkylation sites (N-methyl/N-ethyl adjacent to an activating group) is 1. The first kappa shape index (κ1) is 15.4. The predicted molar refractivity (Wildman–Crippen MR) is 75.6 cm³/mol. The largest absolute Gasteiger partial charge is 0.340 e. The van der Waals surface area contributed by atoms with Crippen molar-refractivity contribution in [2.24, 2.45) is 0 Å². The lowest BCUT2D eigenvalue weighted by molar-refractivity contribution is -0.136. The molecule has 0 aromatic carbocycles. The van der Waals surface area contributed by atoms with Crippen molar-refractivity contribution in [2.75, 3.05) is 26.7 Å². The van der Waals surface area contributed by atoms with Gasteiger partial charge in [0.15, 0.2) is 0 Å². The van der Waals surface area contributed by atoms with Gasteiger partial charge in [-0.1, -0.05) is 13.8 Å². The lowest BCUT2D eigenvalue weighted by Gasteiger charge is -2.35. The molecule has 1 aliphatic rings. The standard InChI is InChI=1S/C14H29N3O/c1-11(2)15-13-7-6-8-17(14(13)18)10-9-16(5)12(3)4/h11-13,15H,6-10H2,1-5H3. The van der Waals surface area contributed by atoms with Gasteiger partial charge in [0, 0.05) is 31.7 Å². The van der Waals surface area contributed by atoms with E-state index in [1.807, 2.05) is 4.90 Å². The third-order valence-corrected chi connectivity index (χ3v) is 3.67. The number of carbonyl (C=O) groups is 1. The minimum atomic E-state index is 0.0307. The number of carbonyl (C=O) groups excluding carboxylic acids is 1. The second-order valence-corrected chi connectivity index (χ2v) is 5.92. The number of amides is 1. The SMILES string of the molecule is CC(C)NC1CCCN(CCN(C)C(C)C)C1=O. The van der Waals surface area contributed by atoms with Gasteiger partial charge in [0.05, 0.1) is 6.04 Å². The average Bonchev–Trinajstić information content (AvgIpc) is 2.29. The van der Waals surface area contributed by atoms with Crippen molar-refractivity contribution < 1.29 is 4.79 Å². The van der Waals surface area contributed by atoms with Gasteiger partial charge in [0.2, 0.25) is 5.91 Å². The van der Waals surface area contributed by atoms with E-state index >= 15 is 0 Å². The van der Waals surface area contributed by atoms with Crippen LogP contribution < -0.4 is 5.32 Å². The zero-order chi connectivity index (χ0) is 13.7. The van der Waals surface area contributed by atoms with E-state index in [2.05, 4.69) is 45.0 Å². The highest BCUT2D eigenvalue weighted by Crippen LogP contribution is 2.12. The number of nitrogens with zero attached hydrogens (tertiary/aromatic N) is 2. The van der Waals surface area contributed by atoms with Gasteiger partial charge in [-0.2, -0.15) is 0 Å². The van der Waals surface area contributed by atoms with E-state index in [4.69, 9.17) is 0 Å². The summed E-state index contributed by atoms with van der Waals surface area (Å²) in [5.74, 6) is 0.284. The van der Waals surface area contributed by atoms with Crippen LogP contribution in [0.2, 0.25) is 0 Å². The fraction of sp³-hybridized carbons (Fsp3) is 0.929. The predicted octanol–water partition coefficient (Wildman–Crippen LogP) is 1.32. The van der Waals surface area contributed by atoms with E-state index in [0.717, 1.165) is 32.5 Å². The smallest absolute Gasteiger partial charge is 0.239 e. The zero-order valence-electron chi connectivity index (χ0n) is 12.6. The van der Waals surface area contributed by atoms with E-state index < -0.39 is 0 Å². The Labute approximate surface area is 112 Å². The van der Waals surface area contributed by atoms with Gasteiger partial charge in [-0.3, -0.25) is 4.79 Å². The van der Waals surface area contributed by atoms with Crippen LogP contribution in [0.4, 0.5) is 0 Å². The van der Waals surface area contributed by atoms with Gasteiger partial charge < -0.3 is 15.1 Å². The average molecular weight is 255 g/mol. The molecule has 1 atom stereocenters. The monoisotopic (exact) mass is 255 g/mol. The summed E-state index contributed by atoms with van der Waals surface area (Å²) in [6.07, 6.45) is 2.09. The molecule has 1 fully saturated rings. The molecule has 0 saturated carbocycles. The highest BCUT2D eigenvalue weighted by Gasteiger charge is 2.28. The quantitative estimate of drug-likeness (QED) is 0.777. The molecule has 1 amide bonds. The molecule has 0 aromatic rings. The minimum Gasteiger partial charge on any atom is -0.340 e. The summed E-state index contributed by atoms with van der Waals surface area (Å²) in [4.78, 5) is 16.6. The summed E-state index contributed by atoms with van der Waals surface area (Å²) in [5.41, 5.74) is 0. The summed E-state index contributed by atoms with van der Waals surface area (Å²) in [6, 6.07) is 0.940. The molecule has 18 heavy (non-hydrogen) atoms. The Morgan fingerprint density at radius 2 is 2.06 bits per heavy atom. The number of hydrogen-bond donors (Lipinski definition) is 1. The number of piperidine rings is 1. The van der Waals surface area contributed by atoms with Crippen molar-refractivity contribution in [3.05, 3.63) is 0 Å². The molecule has 1 rings (SSSR count). The normalized spacial score (nSPS) is 21.4. The molecule has 0 radical (unpaired) electrons. The Bertz CT molecular complexity index is 266. The summed E-state index contributed by atoms with van der Waals surface area (Å²) in [7, 11) is 2.11. The van der Waals surface area contributed by atoms with Crippen molar-refractivity contribution in [2.45, 2.75) is 58.7 Å². The maximum Gasteiger partial charge on any atom is 0.239 e. The van der Waals surface area contributed by atoms with Crippen LogP contribution in [0.3, 0.4) is 0 Å². The molecule has 1 unspecified atom stereocenters. The van der Waals surface area contributed by atoms with Crippen LogP contribution in [0, 0.1) is 0 Å². The number of likely N-dealkylation sites (tertiary alicyclic amines) is 1. The maximum atomic E-state index is 12.3. The van der Waals surface area contributed by atoms with Crippen molar-refractivity contribution in [1.29, 1.82) is 0 Å². The van der Waals surface area contributed by atoms with Gasteiger partial charge in [-0.15, -0.1) is 0 Å². The molecule has 1 saturated heterocycles. The number of nitrogens with one attached hydrogen (secondary N) is 1. The highest BCUT2D eigenvalue weighted by molar-refractivity contribution is 5.82. The molecule has 106 valence electrons. The van der Waals surface area contributed by atoms with Gasteiger partial charge in [0.25, 0.3) is 0 Å². The molecule has 4 nitrogen and oxygen atoms in total. The molecule has 1 aliphatic heterocycles. The fourth-order valence-electron chi connectivity index (χ4n) is 2.26. The lowest BCUT2D eigenvalue weighted by atomic mass is 10.0. The topological polar surface area (TPSA) is 35.6 Å². The van der Waals surface area contributed by atoms with Crippen LogP contribution in [-0.4, -0.2) is 60.5 Å². The van der Waals surface area contributed by atoms with Crippen molar-refractivity contribution >= 4 is 5.91 Å². The van der Waals surface area contributed by atoms with Gasteiger partial charge >= 0.3 is 0 Å². The van der Waals surface area contributed by atoms with Crippen LogP contribution in [0.25, 0.3) is 0 Å². The lowest BCUT2D eigenvalue weighted by Crippen LogP contribution is -2.53. The highest BCUT2D eigenvalue weighted by atomic mass is 16.2. The first-order chi connectivity index (χ1) is 8.41. The second kappa shape index (κ2) is 7.10. The molecular weight excluding hydrogens is 226 g/mol. The van der Waals surface area contributed by atoms with Gasteiger partial charge in [0.1, 0.15) is 0 Å². The summed E-state index contributed by atoms with van der Waals surface area (Å²) < 4.78 is 0. The van der Waals surface area contributed by atoms with Gasteiger partial charge in [-0.05, 0) is 33.7 Å². The van der Waals surface area contributed by atoms with E-state index in [1.54, 1.807) is 0 Å². The Hall–Kier alpha value is -0.610. The molecule has 1 N–H and O–H groups in total. The van der Waals surface area contributed by atoms with E-state index in [9.17, 15) is 4.79 Å². The zero-order valence-corrected chi connectivity index (χ0v) is 12.6. The Kier molecular flexibility index (Phi) is 6.09. The van der Waals surface area contributed by atoms with Crippen LogP contribution in [0.15, 0.2) is 0 Å². The molecule has 0 bridgehead atoms. The van der Waals surface area contributed by atoms with Gasteiger partial charge in [-0.25, -0.2) is 0 Å². The molecular formula is C14H29N3O. The maximum absolute atomic E-state index is 12.3. The summed E-state index contributed by atoms with van der Waals surface area (Å²) in [5, 5.41) is 3.37.